The Hall–Kier alpha value is -3.45. The van der Waals surface area contributed by atoms with Crippen LogP contribution in [0.1, 0.15) is 16.9 Å². The molecular formula is C21H17F3N2O7S. The molecule has 1 aliphatic heterocycles. The average molecular weight is 498 g/mol. The molecule has 1 unspecified atom stereocenters. The second-order valence-electron chi connectivity index (χ2n) is 7.44. The van der Waals surface area contributed by atoms with E-state index in [1.165, 1.54) is 30.3 Å². The maximum atomic E-state index is 13.2. The number of alkyl halides is 3. The van der Waals surface area contributed by atoms with Gasteiger partial charge in [0.15, 0.2) is 9.84 Å². The Morgan fingerprint density at radius 2 is 1.88 bits per heavy atom. The van der Waals surface area contributed by atoms with Crippen LogP contribution in [-0.4, -0.2) is 56.1 Å². The van der Waals surface area contributed by atoms with Gasteiger partial charge in [-0.3, -0.25) is 4.79 Å². The predicted molar refractivity (Wildman–Crippen MR) is 112 cm³/mol. The van der Waals surface area contributed by atoms with Gasteiger partial charge in [0.2, 0.25) is 11.1 Å². The molecule has 180 valence electrons. The summed E-state index contributed by atoms with van der Waals surface area (Å²) >= 11 is 0. The van der Waals surface area contributed by atoms with Crippen molar-refractivity contribution >= 4 is 26.7 Å². The van der Waals surface area contributed by atoms with Crippen LogP contribution in [0.4, 0.5) is 13.2 Å². The van der Waals surface area contributed by atoms with E-state index in [9.17, 15) is 31.2 Å². The fourth-order valence-electron chi connectivity index (χ4n) is 3.48. The number of hydrogen-bond acceptors (Lipinski definition) is 8. The van der Waals surface area contributed by atoms with Gasteiger partial charge in [0.25, 0.3) is 0 Å². The van der Waals surface area contributed by atoms with E-state index in [0.717, 1.165) is 23.1 Å². The molecule has 0 saturated carbocycles. The highest BCUT2D eigenvalue weighted by molar-refractivity contribution is 7.91. The molecule has 1 aliphatic rings. The summed E-state index contributed by atoms with van der Waals surface area (Å²) in [4.78, 5) is 25.6. The van der Waals surface area contributed by atoms with Gasteiger partial charge in [-0.05, 0) is 36.4 Å². The maximum absolute atomic E-state index is 13.2. The van der Waals surface area contributed by atoms with Crippen molar-refractivity contribution in [1.82, 2.24) is 9.78 Å². The Bertz CT molecular complexity index is 1410. The number of esters is 1. The first kappa shape index (κ1) is 23.7. The lowest BCUT2D eigenvalue weighted by molar-refractivity contribution is -0.274. The summed E-state index contributed by atoms with van der Waals surface area (Å²) in [6.07, 6.45) is -4.16. The number of rotatable bonds is 5. The van der Waals surface area contributed by atoms with Gasteiger partial charge < -0.3 is 14.2 Å². The molecule has 0 amide bonds. The number of carbonyl (C=O) groups is 1. The number of halogens is 3. The van der Waals surface area contributed by atoms with E-state index >= 15 is 0 Å². The molecule has 9 nitrogen and oxygen atoms in total. The van der Waals surface area contributed by atoms with Crippen molar-refractivity contribution in [1.29, 1.82) is 0 Å². The monoisotopic (exact) mass is 498 g/mol. The summed E-state index contributed by atoms with van der Waals surface area (Å²) in [5.74, 6) is -1.57. The Morgan fingerprint density at radius 3 is 2.47 bits per heavy atom. The lowest BCUT2D eigenvalue weighted by atomic mass is 10.2. The van der Waals surface area contributed by atoms with Gasteiger partial charge in [-0.25, -0.2) is 17.9 Å². The zero-order chi connectivity index (χ0) is 24.7. The third-order valence-electron chi connectivity index (χ3n) is 4.94. The fourth-order valence-corrected chi connectivity index (χ4v) is 4.38. The Labute approximate surface area is 190 Å². The smallest absolute Gasteiger partial charge is 0.455 e. The predicted octanol–water partition coefficient (Wildman–Crippen LogP) is 2.63. The molecule has 2 heterocycles. The first-order chi connectivity index (χ1) is 15.9. The molecule has 13 heteroatoms. The minimum Gasteiger partial charge on any atom is -0.455 e. The van der Waals surface area contributed by atoms with Crippen molar-refractivity contribution in [3.63, 3.8) is 0 Å². The number of fused-ring (bicyclic) bond motifs is 1. The van der Waals surface area contributed by atoms with Crippen LogP contribution in [0.15, 0.2) is 52.2 Å². The molecule has 3 aromatic rings. The number of hydrogen-bond donors (Lipinski definition) is 0. The second-order valence-corrected chi connectivity index (χ2v) is 9.43. The molecule has 34 heavy (non-hydrogen) atoms. The van der Waals surface area contributed by atoms with E-state index in [1.807, 2.05) is 0 Å². The highest BCUT2D eigenvalue weighted by Gasteiger charge is 2.31. The SMILES string of the molecule is CS(=O)(=O)c1cccc2c1c(=O)c(C(=O)OC1CCOC1)nn2-c1ccc(OC(F)(F)F)cc1. The Balaban J connectivity index is 1.91. The van der Waals surface area contributed by atoms with Crippen LogP contribution in [0.2, 0.25) is 0 Å². The first-order valence-corrected chi connectivity index (χ1v) is 11.7. The van der Waals surface area contributed by atoms with Crippen LogP contribution < -0.4 is 10.2 Å². The van der Waals surface area contributed by atoms with Crippen LogP contribution in [0.25, 0.3) is 16.6 Å². The third kappa shape index (κ3) is 4.89. The molecule has 2 aromatic carbocycles. The largest absolute Gasteiger partial charge is 0.573 e. The molecular weight excluding hydrogens is 481 g/mol. The van der Waals surface area contributed by atoms with E-state index in [4.69, 9.17) is 9.47 Å². The van der Waals surface area contributed by atoms with E-state index in [-0.39, 0.29) is 28.1 Å². The molecule has 0 spiro atoms. The number of nitrogens with zero attached hydrogens (tertiary/aromatic N) is 2. The minimum absolute atomic E-state index is 0.0261. The Kier molecular flexibility index (Phi) is 6.08. The quantitative estimate of drug-likeness (QED) is 0.494. The van der Waals surface area contributed by atoms with Crippen LogP contribution in [-0.2, 0) is 19.3 Å². The number of aromatic nitrogens is 2. The van der Waals surface area contributed by atoms with E-state index in [1.54, 1.807) is 0 Å². The van der Waals surface area contributed by atoms with E-state index < -0.39 is 45.1 Å². The average Bonchev–Trinajstić information content (AvgIpc) is 3.25. The number of benzene rings is 2. The first-order valence-electron chi connectivity index (χ1n) is 9.85. The normalized spacial score (nSPS) is 16.5. The molecule has 1 aromatic heterocycles. The molecule has 0 bridgehead atoms. The molecule has 1 fully saturated rings. The van der Waals surface area contributed by atoms with E-state index in [0.29, 0.717) is 13.0 Å². The van der Waals surface area contributed by atoms with Crippen LogP contribution >= 0.6 is 0 Å². The lowest BCUT2D eigenvalue weighted by Crippen LogP contribution is -2.28. The molecule has 1 saturated heterocycles. The van der Waals surface area contributed by atoms with Gasteiger partial charge in [0.05, 0.1) is 34.7 Å². The molecule has 0 radical (unpaired) electrons. The summed E-state index contributed by atoms with van der Waals surface area (Å²) in [7, 11) is -3.90. The number of sulfone groups is 1. The third-order valence-corrected chi connectivity index (χ3v) is 6.08. The summed E-state index contributed by atoms with van der Waals surface area (Å²) in [6.45, 7) is 0.515. The number of ether oxygens (including phenoxy) is 3. The zero-order valence-corrected chi connectivity index (χ0v) is 18.4. The van der Waals surface area contributed by atoms with Crippen molar-refractivity contribution in [2.45, 2.75) is 23.8 Å². The van der Waals surface area contributed by atoms with Crippen LogP contribution in [0, 0.1) is 0 Å². The van der Waals surface area contributed by atoms with Gasteiger partial charge >= 0.3 is 12.3 Å². The molecule has 0 N–H and O–H groups in total. The second kappa shape index (κ2) is 8.72. The highest BCUT2D eigenvalue weighted by atomic mass is 32.2. The van der Waals surface area contributed by atoms with Gasteiger partial charge in [0, 0.05) is 12.7 Å². The van der Waals surface area contributed by atoms with Crippen LogP contribution in [0.3, 0.4) is 0 Å². The van der Waals surface area contributed by atoms with Crippen molar-refractivity contribution in [2.75, 3.05) is 19.5 Å². The van der Waals surface area contributed by atoms with E-state index in [2.05, 4.69) is 9.84 Å². The van der Waals surface area contributed by atoms with Gasteiger partial charge in [-0.1, -0.05) is 6.07 Å². The zero-order valence-electron chi connectivity index (χ0n) is 17.5. The topological polar surface area (TPSA) is 114 Å². The van der Waals surface area contributed by atoms with Crippen molar-refractivity contribution in [2.24, 2.45) is 0 Å². The summed E-state index contributed by atoms with van der Waals surface area (Å²) in [6, 6.07) is 8.45. The van der Waals surface area contributed by atoms with Crippen LogP contribution in [0.5, 0.6) is 5.75 Å². The fraction of sp³-hybridized carbons (Fsp3) is 0.286. The van der Waals surface area contributed by atoms with Crippen molar-refractivity contribution < 1.29 is 40.6 Å². The van der Waals surface area contributed by atoms with Gasteiger partial charge in [-0.2, -0.15) is 5.10 Å². The maximum Gasteiger partial charge on any atom is 0.573 e. The minimum atomic E-state index is -4.89. The summed E-state index contributed by atoms with van der Waals surface area (Å²) in [5.41, 5.74) is -1.46. The number of carbonyl (C=O) groups excluding carboxylic acids is 1. The summed E-state index contributed by atoms with van der Waals surface area (Å²) < 4.78 is 77.6. The lowest BCUT2D eigenvalue weighted by Gasteiger charge is -2.15. The molecule has 4 rings (SSSR count). The summed E-state index contributed by atoms with van der Waals surface area (Å²) in [5, 5.41) is 3.77. The van der Waals surface area contributed by atoms with Crippen molar-refractivity contribution in [3.8, 4) is 11.4 Å². The van der Waals surface area contributed by atoms with Crippen molar-refractivity contribution in [3.05, 3.63) is 58.4 Å². The standard InChI is InChI=1S/C21H17F3N2O7S/c1-34(29,30)16-4-2-3-15-17(16)19(27)18(20(28)32-14-9-10-31-11-14)25-26(15)12-5-7-13(8-6-12)33-21(22,23)24/h2-8,14H,9-11H2,1H3. The molecule has 1 atom stereocenters. The van der Waals surface area contributed by atoms with Gasteiger partial charge in [0.1, 0.15) is 11.9 Å². The highest BCUT2D eigenvalue weighted by Crippen LogP contribution is 2.26. The van der Waals surface area contributed by atoms with Gasteiger partial charge in [-0.15, -0.1) is 13.2 Å². The Morgan fingerprint density at radius 1 is 1.18 bits per heavy atom. The molecule has 0 aliphatic carbocycles.